The van der Waals surface area contributed by atoms with Crippen molar-refractivity contribution in [3.05, 3.63) is 80.8 Å². The molecule has 2 heterocycles. The summed E-state index contributed by atoms with van der Waals surface area (Å²) in [5, 5.41) is 10.3. The Bertz CT molecular complexity index is 1800. The standard InChI is InChI=1S/C31H32N6O5/c1-41-25-5-3-4-18(28(25)42-2)7-6-17-12-19(14-20-15-35-31(34)36-29(20)33)26-24(13-17)37(16-23(27(26)38)30(39)40)22-10-8-21(32)9-11-22/h3-5,12-13,15-16,21-22H,8-11,14,32H2,1-2H3,(H,39,40)(H4,33,34,35,36). The molecule has 1 fully saturated rings. The number of carboxylic acid groups (broad SMARTS) is 1. The number of hydrogen-bond acceptors (Lipinski definition) is 9. The van der Waals surface area contributed by atoms with E-state index in [9.17, 15) is 14.7 Å². The summed E-state index contributed by atoms with van der Waals surface area (Å²) >= 11 is 0. The predicted octanol–water partition coefficient (Wildman–Crippen LogP) is 3.10. The van der Waals surface area contributed by atoms with Gasteiger partial charge in [-0.15, -0.1) is 0 Å². The van der Waals surface area contributed by atoms with Crippen molar-refractivity contribution >= 4 is 28.6 Å². The monoisotopic (exact) mass is 568 g/mol. The van der Waals surface area contributed by atoms with Gasteiger partial charge in [0.2, 0.25) is 11.4 Å². The number of carboxylic acids is 1. The van der Waals surface area contributed by atoms with Crippen LogP contribution in [0.2, 0.25) is 0 Å². The van der Waals surface area contributed by atoms with Crippen molar-refractivity contribution in [1.82, 2.24) is 14.5 Å². The van der Waals surface area contributed by atoms with Crippen molar-refractivity contribution in [2.24, 2.45) is 5.73 Å². The third kappa shape index (κ3) is 5.57. The summed E-state index contributed by atoms with van der Waals surface area (Å²) in [6.07, 6.45) is 6.21. The highest BCUT2D eigenvalue weighted by Gasteiger charge is 2.25. The van der Waals surface area contributed by atoms with Gasteiger partial charge in [0.1, 0.15) is 11.4 Å². The Kier molecular flexibility index (Phi) is 7.99. The Balaban J connectivity index is 1.77. The third-order valence-corrected chi connectivity index (χ3v) is 7.62. The van der Waals surface area contributed by atoms with Crippen molar-refractivity contribution in [3.8, 4) is 23.3 Å². The van der Waals surface area contributed by atoms with Gasteiger partial charge >= 0.3 is 5.97 Å². The van der Waals surface area contributed by atoms with Gasteiger partial charge in [-0.2, -0.15) is 4.98 Å². The van der Waals surface area contributed by atoms with E-state index in [0.29, 0.717) is 39.3 Å². The average molecular weight is 569 g/mol. The molecule has 1 aliphatic carbocycles. The zero-order chi connectivity index (χ0) is 30.0. The summed E-state index contributed by atoms with van der Waals surface area (Å²) in [7, 11) is 3.10. The number of pyridine rings is 1. The predicted molar refractivity (Wildman–Crippen MR) is 160 cm³/mol. The number of para-hydroxylation sites is 1. The van der Waals surface area contributed by atoms with E-state index in [0.717, 1.165) is 25.7 Å². The van der Waals surface area contributed by atoms with Crippen LogP contribution in [0.5, 0.6) is 11.5 Å². The highest BCUT2D eigenvalue weighted by Crippen LogP contribution is 2.33. The molecule has 0 aliphatic heterocycles. The van der Waals surface area contributed by atoms with Crippen molar-refractivity contribution in [2.75, 3.05) is 25.7 Å². The maximum Gasteiger partial charge on any atom is 0.341 e. The quantitative estimate of drug-likeness (QED) is 0.252. The lowest BCUT2D eigenvalue weighted by atomic mass is 9.90. The van der Waals surface area contributed by atoms with Crippen LogP contribution >= 0.6 is 0 Å². The van der Waals surface area contributed by atoms with Crippen molar-refractivity contribution in [1.29, 1.82) is 0 Å². The van der Waals surface area contributed by atoms with Gasteiger partial charge in [0.15, 0.2) is 11.5 Å². The Labute approximate surface area is 242 Å². The van der Waals surface area contributed by atoms with Crippen LogP contribution in [0.15, 0.2) is 47.5 Å². The van der Waals surface area contributed by atoms with Crippen LogP contribution in [-0.2, 0) is 6.42 Å². The number of nitrogen functional groups attached to an aromatic ring is 2. The number of hydrogen-bond donors (Lipinski definition) is 4. The molecule has 0 saturated heterocycles. The maximum atomic E-state index is 13.7. The molecule has 216 valence electrons. The molecule has 0 atom stereocenters. The first kappa shape index (κ1) is 28.4. The zero-order valence-electron chi connectivity index (χ0n) is 23.4. The summed E-state index contributed by atoms with van der Waals surface area (Å²) in [6.45, 7) is 0. The molecule has 0 radical (unpaired) electrons. The van der Waals surface area contributed by atoms with Gasteiger partial charge in [0.05, 0.1) is 30.7 Å². The zero-order valence-corrected chi connectivity index (χ0v) is 23.4. The minimum absolute atomic E-state index is 0.0268. The number of benzene rings is 2. The molecular weight excluding hydrogens is 536 g/mol. The number of ether oxygens (including phenoxy) is 2. The molecular formula is C31H32N6O5. The van der Waals surface area contributed by atoms with E-state index in [1.165, 1.54) is 12.4 Å². The van der Waals surface area contributed by atoms with Crippen molar-refractivity contribution in [2.45, 2.75) is 44.2 Å². The second-order valence-electron chi connectivity index (χ2n) is 10.3. The van der Waals surface area contributed by atoms with E-state index in [2.05, 4.69) is 21.8 Å². The molecule has 42 heavy (non-hydrogen) atoms. The van der Waals surface area contributed by atoms with Gasteiger partial charge in [0, 0.05) is 42.0 Å². The van der Waals surface area contributed by atoms with Crippen molar-refractivity contribution in [3.63, 3.8) is 0 Å². The molecule has 2 aromatic carbocycles. The Morgan fingerprint density at radius 3 is 2.52 bits per heavy atom. The molecule has 11 heteroatoms. The van der Waals surface area contributed by atoms with Crippen LogP contribution in [0.3, 0.4) is 0 Å². The second kappa shape index (κ2) is 11.8. The summed E-state index contributed by atoms with van der Waals surface area (Å²) in [4.78, 5) is 34.0. The van der Waals surface area contributed by atoms with E-state index in [4.69, 9.17) is 26.7 Å². The number of rotatable bonds is 6. The fraction of sp³-hybridized carbons (Fsp3) is 0.290. The van der Waals surface area contributed by atoms with E-state index in [1.54, 1.807) is 26.4 Å². The van der Waals surface area contributed by atoms with Crippen LogP contribution in [0.1, 0.15) is 64.3 Å². The maximum absolute atomic E-state index is 13.7. The number of nitrogens with zero attached hydrogens (tertiary/aromatic N) is 3. The first-order valence-electron chi connectivity index (χ1n) is 13.5. The van der Waals surface area contributed by atoms with Gasteiger partial charge in [-0.05, 0) is 55.5 Å². The molecule has 1 aliphatic rings. The van der Waals surface area contributed by atoms with E-state index >= 15 is 0 Å². The van der Waals surface area contributed by atoms with Gasteiger partial charge in [0.25, 0.3) is 0 Å². The first-order chi connectivity index (χ1) is 20.2. The van der Waals surface area contributed by atoms with Crippen LogP contribution in [0.25, 0.3) is 10.9 Å². The lowest BCUT2D eigenvalue weighted by Gasteiger charge is -2.30. The number of fused-ring (bicyclic) bond motifs is 1. The lowest BCUT2D eigenvalue weighted by molar-refractivity contribution is 0.0694. The average Bonchev–Trinajstić information content (AvgIpc) is 2.97. The van der Waals surface area contributed by atoms with E-state index < -0.39 is 11.4 Å². The molecule has 11 nitrogen and oxygen atoms in total. The van der Waals surface area contributed by atoms with E-state index in [1.807, 2.05) is 22.8 Å². The molecule has 0 amide bonds. The molecule has 0 spiro atoms. The van der Waals surface area contributed by atoms with Gasteiger partial charge in [-0.1, -0.05) is 17.9 Å². The van der Waals surface area contributed by atoms with Gasteiger partial charge < -0.3 is 36.3 Å². The molecule has 0 unspecified atom stereocenters. The fourth-order valence-corrected chi connectivity index (χ4v) is 5.50. The highest BCUT2D eigenvalue weighted by molar-refractivity contribution is 5.94. The normalized spacial score (nSPS) is 16.5. The third-order valence-electron chi connectivity index (χ3n) is 7.62. The largest absolute Gasteiger partial charge is 0.493 e. The Morgan fingerprint density at radius 2 is 1.86 bits per heavy atom. The molecule has 4 aromatic rings. The summed E-state index contributed by atoms with van der Waals surface area (Å²) in [5.41, 5.74) is 20.0. The smallest absolute Gasteiger partial charge is 0.341 e. The SMILES string of the molecule is COc1cccc(C#Cc2cc(Cc3cnc(N)nc3N)c3c(=O)c(C(=O)O)cn(C4CCC(N)CC4)c3c2)c1OC. The topological polar surface area (TPSA) is 182 Å². The van der Waals surface area contributed by atoms with E-state index in [-0.39, 0.29) is 41.2 Å². The molecule has 0 bridgehead atoms. The summed E-state index contributed by atoms with van der Waals surface area (Å²) in [5.74, 6) is 6.32. The number of aromatic nitrogens is 3. The van der Waals surface area contributed by atoms with Crippen LogP contribution in [0.4, 0.5) is 11.8 Å². The highest BCUT2D eigenvalue weighted by atomic mass is 16.5. The lowest BCUT2D eigenvalue weighted by Crippen LogP contribution is -2.29. The van der Waals surface area contributed by atoms with Gasteiger partial charge in [-0.25, -0.2) is 9.78 Å². The molecule has 5 rings (SSSR count). The number of nitrogens with two attached hydrogens (primary N) is 3. The Hall–Kier alpha value is -5.08. The molecule has 7 N–H and O–H groups in total. The van der Waals surface area contributed by atoms with Crippen molar-refractivity contribution < 1.29 is 19.4 Å². The first-order valence-corrected chi connectivity index (χ1v) is 13.5. The fourth-order valence-electron chi connectivity index (χ4n) is 5.50. The van der Waals surface area contributed by atoms with Gasteiger partial charge in [-0.3, -0.25) is 4.79 Å². The summed E-state index contributed by atoms with van der Waals surface area (Å²) in [6, 6.07) is 9.07. The number of aromatic carboxylic acids is 1. The van der Waals surface area contributed by atoms with Crippen LogP contribution in [0, 0.1) is 11.8 Å². The minimum atomic E-state index is -1.29. The summed E-state index contributed by atoms with van der Waals surface area (Å²) < 4.78 is 12.8. The molecule has 2 aromatic heterocycles. The number of methoxy groups -OCH3 is 2. The van der Waals surface area contributed by atoms with Crippen LogP contribution < -0.4 is 32.1 Å². The number of carbonyl (C=O) groups is 1. The number of anilines is 2. The minimum Gasteiger partial charge on any atom is -0.493 e. The second-order valence-corrected chi connectivity index (χ2v) is 10.3. The van der Waals surface area contributed by atoms with Crippen LogP contribution in [-0.4, -0.2) is 45.9 Å². The Morgan fingerprint density at radius 1 is 1.10 bits per heavy atom. The molecule has 1 saturated carbocycles.